The molecule has 3 heterocycles. The van der Waals surface area contributed by atoms with Crippen LogP contribution in [0.1, 0.15) is 31.2 Å². The second kappa shape index (κ2) is 12.0. The van der Waals surface area contributed by atoms with Gasteiger partial charge < -0.3 is 20.4 Å². The molecule has 2 N–H and O–H groups in total. The van der Waals surface area contributed by atoms with Gasteiger partial charge in [-0.1, -0.05) is 0 Å². The molecule has 0 aromatic carbocycles. The summed E-state index contributed by atoms with van der Waals surface area (Å²) < 4.78 is 2.02. The Morgan fingerprint density at radius 1 is 1.12 bits per heavy atom. The van der Waals surface area contributed by atoms with Crippen LogP contribution in [0, 0.1) is 13.8 Å². The summed E-state index contributed by atoms with van der Waals surface area (Å²) in [6.07, 6.45) is 4.84. The Balaban J connectivity index is 1.36. The van der Waals surface area contributed by atoms with Gasteiger partial charge in [0, 0.05) is 76.9 Å². The Labute approximate surface area is 190 Å². The molecule has 0 spiro atoms. The number of carbonyl (C=O) groups is 1. The van der Waals surface area contributed by atoms with Gasteiger partial charge in [-0.15, -0.1) is 0 Å². The van der Waals surface area contributed by atoms with Crippen molar-refractivity contribution in [2.75, 3.05) is 50.7 Å². The summed E-state index contributed by atoms with van der Waals surface area (Å²) in [6.45, 7) is 11.9. The number of hydrogen-bond donors (Lipinski definition) is 2. The van der Waals surface area contributed by atoms with Crippen molar-refractivity contribution in [1.82, 2.24) is 35.3 Å². The lowest BCUT2D eigenvalue weighted by Crippen LogP contribution is -2.50. The summed E-state index contributed by atoms with van der Waals surface area (Å²) in [5, 5.41) is 11.0. The van der Waals surface area contributed by atoms with Crippen molar-refractivity contribution in [2.45, 2.75) is 40.2 Å². The molecule has 174 valence electrons. The van der Waals surface area contributed by atoms with E-state index < -0.39 is 0 Å². The molecule has 10 nitrogen and oxygen atoms in total. The standard InChI is InChI=1S/C22H35N9O/c1-4-23-21(24-10-6-12-31-19(3)17-18(2)28-31)25-11-7-20(32)29-13-15-30(16-14-29)22-26-8-5-9-27-22/h5,8-9,17H,4,6-7,10-16H2,1-3H3,(H2,23,24,25). The SMILES string of the molecule is CCNC(=NCCCn1nc(C)cc1C)NCCC(=O)N1CCN(c2ncccn2)CC1. The van der Waals surface area contributed by atoms with E-state index in [1.54, 1.807) is 12.4 Å². The highest BCUT2D eigenvalue weighted by molar-refractivity contribution is 5.81. The van der Waals surface area contributed by atoms with E-state index >= 15 is 0 Å². The number of nitrogens with one attached hydrogen (secondary N) is 2. The van der Waals surface area contributed by atoms with Crippen LogP contribution in [0.5, 0.6) is 0 Å². The van der Waals surface area contributed by atoms with Gasteiger partial charge in [0.05, 0.1) is 5.69 Å². The van der Waals surface area contributed by atoms with Gasteiger partial charge in [0.15, 0.2) is 5.96 Å². The molecule has 0 bridgehead atoms. The lowest BCUT2D eigenvalue weighted by atomic mass is 10.3. The first-order valence-corrected chi connectivity index (χ1v) is 11.4. The molecule has 32 heavy (non-hydrogen) atoms. The molecular weight excluding hydrogens is 406 g/mol. The predicted octanol–water partition coefficient (Wildman–Crippen LogP) is 0.974. The van der Waals surface area contributed by atoms with E-state index in [0.29, 0.717) is 32.6 Å². The van der Waals surface area contributed by atoms with Gasteiger partial charge in [0.1, 0.15) is 0 Å². The molecule has 2 aromatic heterocycles. The van der Waals surface area contributed by atoms with Crippen LogP contribution >= 0.6 is 0 Å². The minimum absolute atomic E-state index is 0.159. The Kier molecular flexibility index (Phi) is 8.82. The van der Waals surface area contributed by atoms with Crippen LogP contribution < -0.4 is 15.5 Å². The largest absolute Gasteiger partial charge is 0.357 e. The van der Waals surface area contributed by atoms with E-state index in [2.05, 4.69) is 48.6 Å². The number of nitrogens with zero attached hydrogens (tertiary/aromatic N) is 7. The monoisotopic (exact) mass is 441 g/mol. The Hall–Kier alpha value is -3.17. The first-order valence-electron chi connectivity index (χ1n) is 11.4. The number of guanidine groups is 1. The van der Waals surface area contributed by atoms with Crippen molar-refractivity contribution in [3.8, 4) is 0 Å². The fraction of sp³-hybridized carbons (Fsp3) is 0.591. The molecule has 1 amide bonds. The van der Waals surface area contributed by atoms with Gasteiger partial charge in [-0.2, -0.15) is 5.10 Å². The molecular formula is C22H35N9O. The molecule has 0 saturated carbocycles. The first-order chi connectivity index (χ1) is 15.6. The highest BCUT2D eigenvalue weighted by atomic mass is 16.2. The van der Waals surface area contributed by atoms with E-state index in [9.17, 15) is 4.79 Å². The predicted molar refractivity (Wildman–Crippen MR) is 126 cm³/mol. The number of carbonyl (C=O) groups excluding carboxylic acids is 1. The third-order valence-corrected chi connectivity index (χ3v) is 5.34. The number of rotatable bonds is 9. The van der Waals surface area contributed by atoms with Gasteiger partial charge in [0.2, 0.25) is 11.9 Å². The smallest absolute Gasteiger partial charge is 0.225 e. The van der Waals surface area contributed by atoms with Gasteiger partial charge in [-0.3, -0.25) is 14.5 Å². The maximum absolute atomic E-state index is 12.6. The lowest BCUT2D eigenvalue weighted by molar-refractivity contribution is -0.131. The lowest BCUT2D eigenvalue weighted by Gasteiger charge is -2.34. The second-order valence-electron chi connectivity index (χ2n) is 7.86. The molecule has 1 saturated heterocycles. The highest BCUT2D eigenvalue weighted by Crippen LogP contribution is 2.10. The van der Waals surface area contributed by atoms with Crippen LogP contribution in [0.25, 0.3) is 0 Å². The quantitative estimate of drug-likeness (QED) is 0.340. The van der Waals surface area contributed by atoms with E-state index in [1.807, 2.05) is 29.5 Å². The van der Waals surface area contributed by atoms with Crippen LogP contribution in [0.15, 0.2) is 29.5 Å². The third-order valence-electron chi connectivity index (χ3n) is 5.34. The van der Waals surface area contributed by atoms with Crippen molar-refractivity contribution in [3.63, 3.8) is 0 Å². The molecule has 2 aromatic rings. The van der Waals surface area contributed by atoms with Crippen molar-refractivity contribution in [1.29, 1.82) is 0 Å². The minimum Gasteiger partial charge on any atom is -0.357 e. The minimum atomic E-state index is 0.159. The topological polar surface area (TPSA) is 104 Å². The van der Waals surface area contributed by atoms with Crippen LogP contribution in [0.2, 0.25) is 0 Å². The van der Waals surface area contributed by atoms with Crippen molar-refractivity contribution in [3.05, 3.63) is 35.9 Å². The van der Waals surface area contributed by atoms with Crippen LogP contribution in [-0.2, 0) is 11.3 Å². The maximum atomic E-state index is 12.6. The second-order valence-corrected chi connectivity index (χ2v) is 7.86. The summed E-state index contributed by atoms with van der Waals surface area (Å²) >= 11 is 0. The van der Waals surface area contributed by atoms with Gasteiger partial charge >= 0.3 is 0 Å². The fourth-order valence-electron chi connectivity index (χ4n) is 3.71. The number of piperazine rings is 1. The molecule has 1 fully saturated rings. The van der Waals surface area contributed by atoms with Gasteiger partial charge in [-0.25, -0.2) is 9.97 Å². The molecule has 1 aliphatic heterocycles. The Morgan fingerprint density at radius 2 is 1.88 bits per heavy atom. The van der Waals surface area contributed by atoms with E-state index in [-0.39, 0.29) is 5.91 Å². The van der Waals surface area contributed by atoms with Crippen molar-refractivity contribution < 1.29 is 4.79 Å². The van der Waals surface area contributed by atoms with E-state index in [0.717, 1.165) is 50.2 Å². The fourth-order valence-corrected chi connectivity index (χ4v) is 3.71. The number of amides is 1. The molecule has 3 rings (SSSR count). The molecule has 1 aliphatic rings. The zero-order chi connectivity index (χ0) is 22.8. The normalized spacial score (nSPS) is 14.5. The number of anilines is 1. The van der Waals surface area contributed by atoms with Crippen LogP contribution in [0.3, 0.4) is 0 Å². The average Bonchev–Trinajstić information content (AvgIpc) is 3.14. The van der Waals surface area contributed by atoms with Gasteiger partial charge in [0.25, 0.3) is 0 Å². The zero-order valence-corrected chi connectivity index (χ0v) is 19.4. The number of hydrogen-bond acceptors (Lipinski definition) is 6. The Morgan fingerprint density at radius 3 is 2.53 bits per heavy atom. The number of aromatic nitrogens is 4. The summed E-state index contributed by atoms with van der Waals surface area (Å²) in [5.74, 6) is 1.64. The average molecular weight is 442 g/mol. The summed E-state index contributed by atoms with van der Waals surface area (Å²) in [7, 11) is 0. The molecule has 0 radical (unpaired) electrons. The first kappa shape index (κ1) is 23.5. The molecule has 0 atom stereocenters. The number of aryl methyl sites for hydroxylation is 3. The van der Waals surface area contributed by atoms with Crippen LogP contribution in [0.4, 0.5) is 5.95 Å². The van der Waals surface area contributed by atoms with Gasteiger partial charge in [-0.05, 0) is 39.3 Å². The summed E-state index contributed by atoms with van der Waals surface area (Å²) in [4.78, 5) is 29.8. The number of aliphatic imine (C=N–C) groups is 1. The Bertz CT molecular complexity index is 873. The van der Waals surface area contributed by atoms with E-state index in [1.165, 1.54) is 5.69 Å². The van der Waals surface area contributed by atoms with Crippen LogP contribution in [-0.4, -0.2) is 82.3 Å². The van der Waals surface area contributed by atoms with Crippen molar-refractivity contribution >= 4 is 17.8 Å². The van der Waals surface area contributed by atoms with Crippen molar-refractivity contribution in [2.24, 2.45) is 4.99 Å². The third kappa shape index (κ3) is 6.93. The molecule has 0 aliphatic carbocycles. The zero-order valence-electron chi connectivity index (χ0n) is 19.4. The summed E-state index contributed by atoms with van der Waals surface area (Å²) in [6, 6.07) is 3.89. The molecule has 10 heteroatoms. The molecule has 0 unspecified atom stereocenters. The highest BCUT2D eigenvalue weighted by Gasteiger charge is 2.22. The maximum Gasteiger partial charge on any atom is 0.225 e. The van der Waals surface area contributed by atoms with E-state index in [4.69, 9.17) is 0 Å². The summed E-state index contributed by atoms with van der Waals surface area (Å²) in [5.41, 5.74) is 2.22.